The molecule has 3 aromatic carbocycles. The summed E-state index contributed by atoms with van der Waals surface area (Å²) in [5, 5.41) is 11.3. The summed E-state index contributed by atoms with van der Waals surface area (Å²) in [5.41, 5.74) is 1.06. The number of hydrazone groups is 1. The third kappa shape index (κ3) is 3.12. The number of hydrogen-bond donors (Lipinski definition) is 1. The SMILES string of the molecule is O=C(Nc1ccc(Cl)cc1)[C@@H]1[C@@H]2C(=O)N(c3ccc4ccccc4c3)C(=O)[C@H]2[C@H]2C=CC=NN21. The maximum Gasteiger partial charge on any atom is 0.249 e. The van der Waals surface area contributed by atoms with Gasteiger partial charge in [-0.3, -0.25) is 19.4 Å². The minimum atomic E-state index is -0.922. The van der Waals surface area contributed by atoms with Crippen LogP contribution < -0.4 is 10.2 Å². The first-order valence-corrected chi connectivity index (χ1v) is 11.3. The summed E-state index contributed by atoms with van der Waals surface area (Å²) in [6.07, 6.45) is 5.14. The molecule has 1 N–H and O–H groups in total. The van der Waals surface area contributed by atoms with Crippen molar-refractivity contribution in [1.29, 1.82) is 0 Å². The first-order chi connectivity index (χ1) is 16.5. The van der Waals surface area contributed by atoms with E-state index < -0.39 is 29.8 Å². The number of nitrogens with one attached hydrogen (secondary N) is 1. The van der Waals surface area contributed by atoms with E-state index in [0.29, 0.717) is 16.4 Å². The van der Waals surface area contributed by atoms with E-state index >= 15 is 0 Å². The molecule has 7 nitrogen and oxygen atoms in total. The van der Waals surface area contributed by atoms with Gasteiger partial charge in [-0.05, 0) is 53.2 Å². The molecule has 0 aliphatic carbocycles. The second-order valence-corrected chi connectivity index (χ2v) is 8.99. The van der Waals surface area contributed by atoms with Crippen LogP contribution in [0.4, 0.5) is 11.4 Å². The molecule has 6 rings (SSSR count). The van der Waals surface area contributed by atoms with Crippen molar-refractivity contribution >= 4 is 57.7 Å². The van der Waals surface area contributed by atoms with Gasteiger partial charge in [-0.1, -0.05) is 48.0 Å². The number of hydrogen-bond acceptors (Lipinski definition) is 5. The van der Waals surface area contributed by atoms with Crippen LogP contribution in [0.15, 0.2) is 84.0 Å². The molecule has 34 heavy (non-hydrogen) atoms. The topological polar surface area (TPSA) is 82.1 Å². The quantitative estimate of drug-likeness (QED) is 0.589. The number of imide groups is 1. The van der Waals surface area contributed by atoms with Crippen molar-refractivity contribution in [2.75, 3.05) is 10.2 Å². The maximum absolute atomic E-state index is 13.7. The monoisotopic (exact) mass is 470 g/mol. The Labute approximate surface area is 200 Å². The van der Waals surface area contributed by atoms with Gasteiger partial charge in [0.1, 0.15) is 6.04 Å². The molecule has 0 bridgehead atoms. The highest BCUT2D eigenvalue weighted by Gasteiger charge is 2.64. The number of carbonyl (C=O) groups is 3. The molecule has 3 aliphatic rings. The van der Waals surface area contributed by atoms with Crippen molar-refractivity contribution in [3.63, 3.8) is 0 Å². The van der Waals surface area contributed by atoms with E-state index in [9.17, 15) is 14.4 Å². The van der Waals surface area contributed by atoms with Crippen LogP contribution in [0.2, 0.25) is 5.02 Å². The van der Waals surface area contributed by atoms with E-state index in [2.05, 4.69) is 10.4 Å². The van der Waals surface area contributed by atoms with Crippen LogP contribution in [0.3, 0.4) is 0 Å². The van der Waals surface area contributed by atoms with Gasteiger partial charge in [-0.2, -0.15) is 5.10 Å². The second kappa shape index (κ2) is 7.81. The van der Waals surface area contributed by atoms with E-state index in [1.54, 1.807) is 47.6 Å². The molecule has 8 heteroatoms. The molecule has 168 valence electrons. The molecule has 2 saturated heterocycles. The largest absolute Gasteiger partial charge is 0.324 e. The minimum absolute atomic E-state index is 0.316. The molecule has 3 heterocycles. The number of anilines is 2. The Morgan fingerprint density at radius 2 is 1.65 bits per heavy atom. The molecular formula is C26H19ClN4O3. The summed E-state index contributed by atoms with van der Waals surface area (Å²) >= 11 is 5.95. The van der Waals surface area contributed by atoms with Crippen LogP contribution >= 0.6 is 11.6 Å². The molecular weight excluding hydrogens is 452 g/mol. The summed E-state index contributed by atoms with van der Waals surface area (Å²) in [5.74, 6) is -2.65. The summed E-state index contributed by atoms with van der Waals surface area (Å²) in [4.78, 5) is 41.9. The zero-order valence-electron chi connectivity index (χ0n) is 17.8. The van der Waals surface area contributed by atoms with Gasteiger partial charge in [0.15, 0.2) is 0 Å². The van der Waals surface area contributed by atoms with Crippen molar-refractivity contribution in [3.05, 3.63) is 83.9 Å². The van der Waals surface area contributed by atoms with Crippen molar-refractivity contribution in [1.82, 2.24) is 5.01 Å². The van der Waals surface area contributed by atoms with E-state index in [0.717, 1.165) is 10.8 Å². The van der Waals surface area contributed by atoms with Crippen LogP contribution in [-0.2, 0) is 14.4 Å². The third-order valence-electron chi connectivity index (χ3n) is 6.66. The van der Waals surface area contributed by atoms with Crippen molar-refractivity contribution in [2.45, 2.75) is 12.1 Å². The molecule has 2 fully saturated rings. The number of allylic oxidation sites excluding steroid dienone is 1. The van der Waals surface area contributed by atoms with Crippen LogP contribution in [0.5, 0.6) is 0 Å². The van der Waals surface area contributed by atoms with E-state index in [4.69, 9.17) is 11.6 Å². The zero-order valence-corrected chi connectivity index (χ0v) is 18.6. The molecule has 0 spiro atoms. The molecule has 4 atom stereocenters. The summed E-state index contributed by atoms with van der Waals surface area (Å²) in [6, 6.07) is 18.6. The van der Waals surface area contributed by atoms with E-state index in [-0.39, 0.29) is 11.8 Å². The van der Waals surface area contributed by atoms with Crippen LogP contribution in [0, 0.1) is 11.8 Å². The Kier molecular flexibility index (Phi) is 4.74. The summed E-state index contributed by atoms with van der Waals surface area (Å²) in [7, 11) is 0. The van der Waals surface area contributed by atoms with Crippen LogP contribution in [-0.4, -0.2) is 41.0 Å². The average molecular weight is 471 g/mol. The standard InChI is InChI=1S/C26H19ClN4O3/c27-17-8-10-18(11-9-17)29-24(32)23-22-21(20-6-3-13-28-31(20)23)25(33)30(26(22)34)19-12-7-15-4-1-2-5-16(15)14-19/h1-14,20-23H,(H,29,32)/t20-,21+,22-,23+/m1/s1. The number of fused-ring (bicyclic) bond motifs is 4. The van der Waals surface area contributed by atoms with Gasteiger partial charge >= 0.3 is 0 Å². The minimum Gasteiger partial charge on any atom is -0.324 e. The predicted molar refractivity (Wildman–Crippen MR) is 131 cm³/mol. The number of halogens is 1. The number of rotatable bonds is 3. The number of carbonyl (C=O) groups excluding carboxylic acids is 3. The fourth-order valence-electron chi connectivity index (χ4n) is 5.16. The highest BCUT2D eigenvalue weighted by molar-refractivity contribution is 6.30. The first kappa shape index (κ1) is 20.6. The van der Waals surface area contributed by atoms with Gasteiger partial charge in [-0.15, -0.1) is 0 Å². The number of nitrogens with zero attached hydrogens (tertiary/aromatic N) is 3. The molecule has 3 amide bonds. The fourth-order valence-corrected chi connectivity index (χ4v) is 5.28. The van der Waals surface area contributed by atoms with Gasteiger partial charge in [0, 0.05) is 16.9 Å². The maximum atomic E-state index is 13.7. The van der Waals surface area contributed by atoms with Crippen LogP contribution in [0.25, 0.3) is 10.8 Å². The highest BCUT2D eigenvalue weighted by Crippen LogP contribution is 2.46. The Balaban J connectivity index is 1.37. The first-order valence-electron chi connectivity index (χ1n) is 10.9. The molecule has 0 saturated carbocycles. The van der Waals surface area contributed by atoms with Gasteiger partial charge in [-0.25, -0.2) is 4.90 Å². The summed E-state index contributed by atoms with van der Waals surface area (Å²) in [6.45, 7) is 0. The highest BCUT2D eigenvalue weighted by atomic mass is 35.5. The fraction of sp³-hybridized carbons (Fsp3) is 0.154. The van der Waals surface area contributed by atoms with E-state index in [1.807, 2.05) is 42.5 Å². The van der Waals surface area contributed by atoms with Gasteiger partial charge in [0.2, 0.25) is 17.7 Å². The van der Waals surface area contributed by atoms with Crippen molar-refractivity contribution < 1.29 is 14.4 Å². The average Bonchev–Trinajstić information content (AvgIpc) is 3.33. The van der Waals surface area contributed by atoms with Crippen LogP contribution in [0.1, 0.15) is 0 Å². The molecule has 0 unspecified atom stereocenters. The van der Waals surface area contributed by atoms with E-state index in [1.165, 1.54) is 4.90 Å². The Bertz CT molecular complexity index is 1400. The third-order valence-corrected chi connectivity index (χ3v) is 6.91. The lowest BCUT2D eigenvalue weighted by Crippen LogP contribution is -2.47. The number of benzene rings is 3. The zero-order chi connectivity index (χ0) is 23.4. The smallest absolute Gasteiger partial charge is 0.249 e. The molecule has 3 aromatic rings. The Morgan fingerprint density at radius 3 is 2.44 bits per heavy atom. The Morgan fingerprint density at radius 1 is 0.912 bits per heavy atom. The molecule has 3 aliphatic heterocycles. The molecule has 0 radical (unpaired) electrons. The lowest BCUT2D eigenvalue weighted by molar-refractivity contribution is -0.129. The normalized spacial score (nSPS) is 25.1. The molecule has 0 aromatic heterocycles. The van der Waals surface area contributed by atoms with Gasteiger partial charge in [0.25, 0.3) is 0 Å². The number of amides is 3. The lowest BCUT2D eigenvalue weighted by atomic mass is 9.88. The second-order valence-electron chi connectivity index (χ2n) is 8.56. The van der Waals surface area contributed by atoms with Gasteiger partial charge < -0.3 is 5.32 Å². The van der Waals surface area contributed by atoms with Crippen molar-refractivity contribution in [2.24, 2.45) is 16.9 Å². The van der Waals surface area contributed by atoms with Gasteiger partial charge in [0.05, 0.1) is 23.6 Å². The van der Waals surface area contributed by atoms with Crippen molar-refractivity contribution in [3.8, 4) is 0 Å². The predicted octanol–water partition coefficient (Wildman–Crippen LogP) is 3.85. The summed E-state index contributed by atoms with van der Waals surface area (Å²) < 4.78 is 0. The lowest BCUT2D eigenvalue weighted by Gasteiger charge is -2.30. The Hall–Kier alpha value is -3.97.